The first-order valence-corrected chi connectivity index (χ1v) is 7.40. The molecule has 124 valence electrons. The van der Waals surface area contributed by atoms with Crippen LogP contribution in [-0.2, 0) is 12.8 Å². The van der Waals surface area contributed by atoms with E-state index in [0.29, 0.717) is 36.5 Å². The van der Waals surface area contributed by atoms with E-state index >= 15 is 0 Å². The number of hydrogen-bond donors (Lipinski definition) is 2. The van der Waals surface area contributed by atoms with Crippen molar-refractivity contribution in [1.29, 1.82) is 0 Å². The second-order valence-electron chi connectivity index (χ2n) is 5.19. The van der Waals surface area contributed by atoms with E-state index in [0.717, 1.165) is 11.3 Å². The highest BCUT2D eigenvalue weighted by molar-refractivity contribution is 7.71. The zero-order chi connectivity index (χ0) is 15.7. The van der Waals surface area contributed by atoms with Crippen LogP contribution in [0.1, 0.15) is 17.3 Å². The fourth-order valence-electron chi connectivity index (χ4n) is 2.86. The molecule has 3 rings (SSSR count). The molecule has 7 nitrogen and oxygen atoms in total. The van der Waals surface area contributed by atoms with Crippen molar-refractivity contribution >= 4 is 30.3 Å². The lowest BCUT2D eigenvalue weighted by Gasteiger charge is -2.27. The summed E-state index contributed by atoms with van der Waals surface area (Å²) >= 11 is 5.34. The van der Waals surface area contributed by atoms with E-state index in [1.807, 2.05) is 16.8 Å². The number of rotatable bonds is 4. The standard InChI is InChI=1S/C14H16N4O3S.ClH/c15-5-4-10-7-16-14(22)17(10)11-6-9-2-1-3-12(18(19)20)13(9)21-8-11;/h1-3,7,11H,4-6,8,15H2,(H,16,22);1H/t11-;/m0./s1. The Labute approximate surface area is 144 Å². The number of ether oxygens (including phenoxy) is 1. The Balaban J connectivity index is 0.00000192. The molecule has 1 atom stereocenters. The van der Waals surface area contributed by atoms with Gasteiger partial charge in [0, 0.05) is 36.4 Å². The zero-order valence-corrected chi connectivity index (χ0v) is 13.9. The van der Waals surface area contributed by atoms with Crippen LogP contribution in [0.15, 0.2) is 24.4 Å². The van der Waals surface area contributed by atoms with Crippen molar-refractivity contribution in [3.05, 3.63) is 50.5 Å². The van der Waals surface area contributed by atoms with Gasteiger partial charge in [0.2, 0.25) is 0 Å². The summed E-state index contributed by atoms with van der Waals surface area (Å²) < 4.78 is 8.31. The molecule has 0 saturated carbocycles. The fourth-order valence-corrected chi connectivity index (χ4v) is 3.18. The Hall–Kier alpha value is -1.90. The summed E-state index contributed by atoms with van der Waals surface area (Å²) in [6.45, 7) is 0.879. The van der Waals surface area contributed by atoms with Gasteiger partial charge in [-0.05, 0) is 18.8 Å². The number of nitrogens with zero attached hydrogens (tertiary/aromatic N) is 2. The predicted octanol–water partition coefficient (Wildman–Crippen LogP) is 2.55. The molecule has 2 heterocycles. The minimum atomic E-state index is -0.416. The number of nitro benzene ring substituents is 1. The topological polar surface area (TPSA) is 99.1 Å². The van der Waals surface area contributed by atoms with Gasteiger partial charge in [0.25, 0.3) is 0 Å². The molecular weight excluding hydrogens is 340 g/mol. The van der Waals surface area contributed by atoms with E-state index in [1.54, 1.807) is 6.07 Å². The van der Waals surface area contributed by atoms with Crippen LogP contribution in [-0.4, -0.2) is 27.6 Å². The van der Waals surface area contributed by atoms with E-state index in [4.69, 9.17) is 22.7 Å². The number of nitrogens with one attached hydrogen (secondary N) is 1. The average Bonchev–Trinajstić information content (AvgIpc) is 2.87. The van der Waals surface area contributed by atoms with Crippen molar-refractivity contribution in [1.82, 2.24) is 9.55 Å². The van der Waals surface area contributed by atoms with Crippen LogP contribution in [0, 0.1) is 14.9 Å². The lowest BCUT2D eigenvalue weighted by atomic mass is 10.0. The van der Waals surface area contributed by atoms with Crippen LogP contribution in [0.5, 0.6) is 5.75 Å². The first kappa shape index (κ1) is 17.5. The van der Waals surface area contributed by atoms with Gasteiger partial charge in [-0.1, -0.05) is 12.1 Å². The number of aromatic amines is 1. The maximum atomic E-state index is 11.1. The molecule has 0 aliphatic carbocycles. The molecule has 9 heteroatoms. The van der Waals surface area contributed by atoms with Crippen molar-refractivity contribution in [2.75, 3.05) is 13.2 Å². The highest BCUT2D eigenvalue weighted by Crippen LogP contribution is 2.37. The van der Waals surface area contributed by atoms with Gasteiger partial charge < -0.3 is 20.0 Å². The molecule has 2 aromatic rings. The second-order valence-corrected chi connectivity index (χ2v) is 5.57. The summed E-state index contributed by atoms with van der Waals surface area (Å²) in [4.78, 5) is 13.7. The third-order valence-electron chi connectivity index (χ3n) is 3.80. The molecule has 0 amide bonds. The normalized spacial score (nSPS) is 16.1. The van der Waals surface area contributed by atoms with Crippen molar-refractivity contribution in [2.45, 2.75) is 18.9 Å². The molecule has 0 radical (unpaired) electrons. The summed E-state index contributed by atoms with van der Waals surface area (Å²) in [6, 6.07) is 5.00. The number of hydrogen-bond acceptors (Lipinski definition) is 5. The van der Waals surface area contributed by atoms with Crippen LogP contribution in [0.2, 0.25) is 0 Å². The number of nitrogens with two attached hydrogens (primary N) is 1. The monoisotopic (exact) mass is 356 g/mol. The highest BCUT2D eigenvalue weighted by atomic mass is 35.5. The molecule has 1 aliphatic rings. The van der Waals surface area contributed by atoms with Crippen LogP contribution in [0.25, 0.3) is 0 Å². The number of H-pyrrole nitrogens is 1. The SMILES string of the molecule is Cl.NCCc1c[nH]c(=S)n1[C@@H]1COc2c(cccc2[N+](=O)[O-])C1. The largest absolute Gasteiger partial charge is 0.484 e. The number of aromatic nitrogens is 2. The fraction of sp³-hybridized carbons (Fsp3) is 0.357. The minimum absolute atomic E-state index is 0. The number of benzene rings is 1. The molecule has 3 N–H and O–H groups in total. The van der Waals surface area contributed by atoms with Gasteiger partial charge in [0.05, 0.1) is 11.0 Å². The van der Waals surface area contributed by atoms with E-state index in [9.17, 15) is 10.1 Å². The van der Waals surface area contributed by atoms with Gasteiger partial charge in [-0.15, -0.1) is 12.4 Å². The van der Waals surface area contributed by atoms with E-state index in [2.05, 4.69) is 4.98 Å². The molecule has 0 bridgehead atoms. The molecule has 1 aliphatic heterocycles. The van der Waals surface area contributed by atoms with Gasteiger partial charge in [-0.2, -0.15) is 0 Å². The zero-order valence-electron chi connectivity index (χ0n) is 12.2. The molecule has 0 unspecified atom stereocenters. The van der Waals surface area contributed by atoms with Crippen molar-refractivity contribution in [3.8, 4) is 5.75 Å². The molecule has 1 aromatic carbocycles. The Bertz CT molecular complexity index is 774. The summed E-state index contributed by atoms with van der Waals surface area (Å²) in [5.74, 6) is 0.367. The Morgan fingerprint density at radius 1 is 1.52 bits per heavy atom. The van der Waals surface area contributed by atoms with Gasteiger partial charge in [0.1, 0.15) is 6.61 Å². The first-order valence-electron chi connectivity index (χ1n) is 6.99. The third kappa shape index (κ3) is 3.24. The van der Waals surface area contributed by atoms with Gasteiger partial charge in [-0.3, -0.25) is 10.1 Å². The summed E-state index contributed by atoms with van der Waals surface area (Å²) in [7, 11) is 0. The number of nitro groups is 1. The second kappa shape index (κ2) is 7.12. The Kier molecular flexibility index (Phi) is 5.40. The molecule has 23 heavy (non-hydrogen) atoms. The number of fused-ring (bicyclic) bond motifs is 1. The van der Waals surface area contributed by atoms with Crippen LogP contribution in [0.3, 0.4) is 0 Å². The summed E-state index contributed by atoms with van der Waals surface area (Å²) in [5.41, 5.74) is 7.49. The van der Waals surface area contributed by atoms with Gasteiger partial charge >= 0.3 is 5.69 Å². The third-order valence-corrected chi connectivity index (χ3v) is 4.12. The summed E-state index contributed by atoms with van der Waals surface area (Å²) in [5, 5.41) is 11.1. The van der Waals surface area contributed by atoms with Crippen molar-refractivity contribution in [2.24, 2.45) is 5.73 Å². The van der Waals surface area contributed by atoms with Crippen molar-refractivity contribution in [3.63, 3.8) is 0 Å². The van der Waals surface area contributed by atoms with E-state index in [1.165, 1.54) is 6.07 Å². The lowest BCUT2D eigenvalue weighted by Crippen LogP contribution is -2.26. The van der Waals surface area contributed by atoms with Crippen molar-refractivity contribution < 1.29 is 9.66 Å². The maximum absolute atomic E-state index is 11.1. The van der Waals surface area contributed by atoms with E-state index < -0.39 is 4.92 Å². The lowest BCUT2D eigenvalue weighted by molar-refractivity contribution is -0.386. The minimum Gasteiger partial charge on any atom is -0.484 e. The smallest absolute Gasteiger partial charge is 0.311 e. The Morgan fingerprint density at radius 2 is 2.30 bits per heavy atom. The first-order chi connectivity index (χ1) is 10.6. The summed E-state index contributed by atoms with van der Waals surface area (Å²) in [6.07, 6.45) is 3.21. The molecule has 0 spiro atoms. The number of para-hydroxylation sites is 1. The predicted molar refractivity (Wildman–Crippen MR) is 91.0 cm³/mol. The Morgan fingerprint density at radius 3 is 3.00 bits per heavy atom. The molecule has 0 saturated heterocycles. The highest BCUT2D eigenvalue weighted by Gasteiger charge is 2.28. The van der Waals surface area contributed by atoms with Crippen LogP contribution >= 0.6 is 24.6 Å². The van der Waals surface area contributed by atoms with Crippen LogP contribution in [0.4, 0.5) is 5.69 Å². The molecule has 1 aromatic heterocycles. The molecular formula is C14H17ClN4O3S. The van der Waals surface area contributed by atoms with Gasteiger partial charge in [0.15, 0.2) is 10.5 Å². The van der Waals surface area contributed by atoms with Crippen LogP contribution < -0.4 is 10.5 Å². The maximum Gasteiger partial charge on any atom is 0.311 e. The number of imidazole rings is 1. The molecule has 0 fully saturated rings. The van der Waals surface area contributed by atoms with Gasteiger partial charge in [-0.25, -0.2) is 0 Å². The van der Waals surface area contributed by atoms with E-state index in [-0.39, 0.29) is 24.1 Å². The average molecular weight is 357 g/mol. The number of halogens is 1. The quantitative estimate of drug-likeness (QED) is 0.498.